The minimum atomic E-state index is -0.0690. The van der Waals surface area contributed by atoms with E-state index in [9.17, 15) is 4.79 Å². The number of nitrogens with zero attached hydrogens (tertiary/aromatic N) is 1. The molecule has 0 aromatic heterocycles. The van der Waals surface area contributed by atoms with Gasteiger partial charge in [0.2, 0.25) is 4.69 Å². The Labute approximate surface area is 86.9 Å². The van der Waals surface area contributed by atoms with Gasteiger partial charge in [-0.15, -0.1) is 0 Å². The van der Waals surface area contributed by atoms with Gasteiger partial charge in [0.25, 0.3) is 0 Å². The second-order valence-electron chi connectivity index (χ2n) is 3.83. The summed E-state index contributed by atoms with van der Waals surface area (Å²) in [5.41, 5.74) is 1.87. The van der Waals surface area contributed by atoms with Crippen LogP contribution in [-0.4, -0.2) is 25.8 Å². The van der Waals surface area contributed by atoms with Crippen molar-refractivity contribution >= 4 is 26.3 Å². The van der Waals surface area contributed by atoms with E-state index in [-0.39, 0.29) is 4.69 Å². The fraction of sp³-hybridized carbons (Fsp3) is 0.300. The normalized spacial score (nSPS) is 11.4. The van der Waals surface area contributed by atoms with Gasteiger partial charge in [-0.1, -0.05) is 0 Å². The number of hydrogen-bond acceptors (Lipinski definition) is 1. The van der Waals surface area contributed by atoms with Crippen LogP contribution >= 0.6 is 15.9 Å². The minimum absolute atomic E-state index is 0.0690. The Kier molecular flexibility index (Phi) is 2.88. The van der Waals surface area contributed by atoms with Crippen molar-refractivity contribution in [2.24, 2.45) is 0 Å². The summed E-state index contributed by atoms with van der Waals surface area (Å²) in [7, 11) is 6.26. The summed E-state index contributed by atoms with van der Waals surface area (Å²) in [4.78, 5) is 10.9. The highest BCUT2D eigenvalue weighted by atomic mass is 79.9. The molecule has 13 heavy (non-hydrogen) atoms. The van der Waals surface area contributed by atoms with E-state index >= 15 is 0 Å². The fourth-order valence-corrected chi connectivity index (χ4v) is 1.30. The quantitative estimate of drug-likeness (QED) is 0.575. The van der Waals surface area contributed by atoms with Crippen molar-refractivity contribution in [1.82, 2.24) is 4.48 Å². The van der Waals surface area contributed by atoms with E-state index in [0.29, 0.717) is 5.56 Å². The Bertz CT molecular complexity index is 311. The van der Waals surface area contributed by atoms with Gasteiger partial charge in [-0.05, 0) is 40.2 Å². The molecule has 0 saturated heterocycles. The van der Waals surface area contributed by atoms with E-state index in [1.807, 2.05) is 24.3 Å². The van der Waals surface area contributed by atoms with Crippen LogP contribution in [0.5, 0.6) is 0 Å². The van der Waals surface area contributed by atoms with Crippen LogP contribution in [0.1, 0.15) is 10.4 Å². The van der Waals surface area contributed by atoms with Crippen LogP contribution < -0.4 is 4.48 Å². The second-order valence-corrected chi connectivity index (χ2v) is 4.55. The molecule has 0 atom stereocenters. The lowest BCUT2D eigenvalue weighted by molar-refractivity contribution is 0.109. The van der Waals surface area contributed by atoms with Crippen molar-refractivity contribution in [1.29, 1.82) is 0 Å². The van der Waals surface area contributed by atoms with E-state index < -0.39 is 0 Å². The molecular formula is C10H13BrNO+. The van der Waals surface area contributed by atoms with Gasteiger partial charge in [0.05, 0.1) is 21.1 Å². The van der Waals surface area contributed by atoms with Crippen molar-refractivity contribution in [3.8, 4) is 0 Å². The standard InChI is InChI=1S/C10H13BrNO/c1-12(2,3)9-6-4-8(5-7-9)10(11)13/h4-7H,1-3H3/q+1. The lowest BCUT2D eigenvalue weighted by atomic mass is 10.2. The van der Waals surface area contributed by atoms with Gasteiger partial charge in [0, 0.05) is 5.56 Å². The summed E-state index contributed by atoms with van der Waals surface area (Å²) in [6.45, 7) is 0. The molecule has 1 aromatic carbocycles. The molecule has 0 aliphatic rings. The van der Waals surface area contributed by atoms with Crippen molar-refractivity contribution in [2.75, 3.05) is 21.1 Å². The Hall–Kier alpha value is -0.670. The SMILES string of the molecule is C[N+](C)(C)c1ccc(C(=O)Br)cc1. The van der Waals surface area contributed by atoms with E-state index in [4.69, 9.17) is 0 Å². The molecule has 1 rings (SSSR count). The molecule has 0 saturated carbocycles. The van der Waals surface area contributed by atoms with Crippen LogP contribution in [0.25, 0.3) is 0 Å². The first kappa shape index (κ1) is 10.4. The topological polar surface area (TPSA) is 17.1 Å². The molecular weight excluding hydrogens is 230 g/mol. The molecule has 0 bridgehead atoms. The zero-order valence-electron chi connectivity index (χ0n) is 8.04. The van der Waals surface area contributed by atoms with Crippen molar-refractivity contribution in [2.45, 2.75) is 0 Å². The molecule has 70 valence electrons. The summed E-state index contributed by atoms with van der Waals surface area (Å²) < 4.78 is 0.692. The highest BCUT2D eigenvalue weighted by Crippen LogP contribution is 2.18. The Morgan fingerprint density at radius 3 is 1.92 bits per heavy atom. The predicted molar refractivity (Wildman–Crippen MR) is 59.3 cm³/mol. The molecule has 3 heteroatoms. The van der Waals surface area contributed by atoms with E-state index in [1.165, 1.54) is 5.69 Å². The maximum Gasteiger partial charge on any atom is 0.228 e. The van der Waals surface area contributed by atoms with Crippen molar-refractivity contribution in [3.05, 3.63) is 29.8 Å². The molecule has 2 nitrogen and oxygen atoms in total. The van der Waals surface area contributed by atoms with Gasteiger partial charge < -0.3 is 0 Å². The van der Waals surface area contributed by atoms with Crippen LogP contribution in [0.3, 0.4) is 0 Å². The van der Waals surface area contributed by atoms with Gasteiger partial charge >= 0.3 is 0 Å². The minimum Gasteiger partial charge on any atom is -0.298 e. The Morgan fingerprint density at radius 1 is 1.15 bits per heavy atom. The zero-order chi connectivity index (χ0) is 10.1. The van der Waals surface area contributed by atoms with Crippen LogP contribution in [0.15, 0.2) is 24.3 Å². The smallest absolute Gasteiger partial charge is 0.228 e. The molecule has 0 amide bonds. The number of benzene rings is 1. The molecule has 0 spiro atoms. The van der Waals surface area contributed by atoms with Gasteiger partial charge in [0.15, 0.2) is 0 Å². The highest BCUT2D eigenvalue weighted by molar-refractivity contribution is 9.18. The average Bonchev–Trinajstić information content (AvgIpc) is 2.03. The van der Waals surface area contributed by atoms with Gasteiger partial charge in [-0.2, -0.15) is 0 Å². The molecule has 1 aromatic rings. The lowest BCUT2D eigenvalue weighted by Gasteiger charge is -2.23. The summed E-state index contributed by atoms with van der Waals surface area (Å²) in [5.74, 6) is 0. The summed E-state index contributed by atoms with van der Waals surface area (Å²) >= 11 is 2.91. The molecule has 0 N–H and O–H groups in total. The zero-order valence-corrected chi connectivity index (χ0v) is 9.63. The lowest BCUT2D eigenvalue weighted by Crippen LogP contribution is -2.34. The van der Waals surface area contributed by atoms with E-state index in [2.05, 4.69) is 37.1 Å². The van der Waals surface area contributed by atoms with Gasteiger partial charge in [-0.3, -0.25) is 9.28 Å². The third-order valence-electron chi connectivity index (χ3n) is 1.87. The molecule has 0 aliphatic carbocycles. The predicted octanol–water partition coefficient (Wildman–Crippen LogP) is 2.42. The third-order valence-corrected chi connectivity index (χ3v) is 2.33. The van der Waals surface area contributed by atoms with Crippen LogP contribution in [0.4, 0.5) is 5.69 Å². The molecule has 0 heterocycles. The summed E-state index contributed by atoms with van der Waals surface area (Å²) in [5, 5.41) is 0. The third kappa shape index (κ3) is 2.64. The van der Waals surface area contributed by atoms with E-state index in [1.54, 1.807) is 0 Å². The van der Waals surface area contributed by atoms with Crippen molar-refractivity contribution in [3.63, 3.8) is 0 Å². The summed E-state index contributed by atoms with van der Waals surface area (Å²) in [6.07, 6.45) is 0. The number of hydrogen-bond donors (Lipinski definition) is 0. The Morgan fingerprint density at radius 2 is 1.62 bits per heavy atom. The number of carbonyl (C=O) groups is 1. The van der Waals surface area contributed by atoms with Crippen LogP contribution in [-0.2, 0) is 0 Å². The maximum absolute atomic E-state index is 10.9. The van der Waals surface area contributed by atoms with Crippen LogP contribution in [0.2, 0.25) is 0 Å². The number of quaternary nitrogens is 1. The first-order valence-corrected chi connectivity index (χ1v) is 4.82. The largest absolute Gasteiger partial charge is 0.298 e. The molecule has 0 fully saturated rings. The highest BCUT2D eigenvalue weighted by Gasteiger charge is 2.11. The fourth-order valence-electron chi connectivity index (χ4n) is 1.04. The van der Waals surface area contributed by atoms with E-state index in [0.717, 1.165) is 4.48 Å². The average molecular weight is 243 g/mol. The van der Waals surface area contributed by atoms with Crippen molar-refractivity contribution < 1.29 is 4.79 Å². The second kappa shape index (κ2) is 3.60. The number of carbonyl (C=O) groups excluding carboxylic acids is 1. The van der Waals surface area contributed by atoms with Crippen LogP contribution in [0, 0.1) is 0 Å². The number of rotatable bonds is 2. The molecule has 0 unspecified atom stereocenters. The molecule has 0 aliphatic heterocycles. The van der Waals surface area contributed by atoms with Gasteiger partial charge in [0.1, 0.15) is 5.69 Å². The summed E-state index contributed by atoms with van der Waals surface area (Å²) in [6, 6.07) is 7.59. The van der Waals surface area contributed by atoms with Gasteiger partial charge in [-0.25, -0.2) is 0 Å². The number of halogens is 1. The molecule has 0 radical (unpaired) electrons. The first-order chi connectivity index (χ1) is 5.91. The monoisotopic (exact) mass is 242 g/mol. The maximum atomic E-state index is 10.9. The Balaban J connectivity index is 3.01. The first-order valence-electron chi connectivity index (χ1n) is 4.03.